The molecule has 7 nitrogen and oxygen atoms in total. The van der Waals surface area contributed by atoms with Crippen molar-refractivity contribution < 1.29 is 9.59 Å². The molecule has 0 saturated heterocycles. The predicted octanol–water partition coefficient (Wildman–Crippen LogP) is 1.69. The van der Waals surface area contributed by atoms with Crippen LogP contribution in [-0.2, 0) is 17.8 Å². The lowest BCUT2D eigenvalue weighted by molar-refractivity contribution is -0.115. The van der Waals surface area contributed by atoms with Crippen molar-refractivity contribution in [1.29, 1.82) is 0 Å². The van der Waals surface area contributed by atoms with E-state index in [1.54, 1.807) is 35.3 Å². The number of carbonyl (C=O) groups excluding carboxylic acids is 2. The molecule has 0 atom stereocenters. The molecule has 1 aromatic heterocycles. The van der Waals surface area contributed by atoms with Crippen LogP contribution in [-0.4, -0.2) is 26.8 Å². The summed E-state index contributed by atoms with van der Waals surface area (Å²) in [4.78, 5) is 23.8. The molecule has 4 rings (SSSR count). The molecule has 0 fully saturated rings. The Balaban J connectivity index is 1.45. The lowest BCUT2D eigenvalue weighted by Crippen LogP contribution is -2.23. The molecule has 2 N–H and O–H groups in total. The average Bonchev–Trinajstić information content (AvgIpc) is 3.28. The lowest BCUT2D eigenvalue weighted by atomic mass is 10.1. The Labute approximate surface area is 143 Å². The van der Waals surface area contributed by atoms with E-state index < -0.39 is 0 Å². The minimum absolute atomic E-state index is 0.00103. The van der Waals surface area contributed by atoms with Crippen molar-refractivity contribution in [3.63, 3.8) is 0 Å². The molecule has 2 amide bonds. The zero-order valence-electron chi connectivity index (χ0n) is 13.3. The lowest BCUT2D eigenvalue weighted by Gasteiger charge is -2.08. The molecule has 1 aliphatic rings. The summed E-state index contributed by atoms with van der Waals surface area (Å²) in [6.07, 6.45) is 3.69. The van der Waals surface area contributed by atoms with Crippen LogP contribution in [0.15, 0.2) is 54.9 Å². The number of rotatable bonds is 4. The van der Waals surface area contributed by atoms with Gasteiger partial charge in [0.1, 0.15) is 0 Å². The first-order chi connectivity index (χ1) is 12.2. The predicted molar refractivity (Wildman–Crippen MR) is 91.3 cm³/mol. The molecule has 0 aliphatic carbocycles. The van der Waals surface area contributed by atoms with Crippen LogP contribution in [0.5, 0.6) is 0 Å². The topological polar surface area (TPSA) is 88.9 Å². The molecular weight excluding hydrogens is 318 g/mol. The van der Waals surface area contributed by atoms with Crippen LogP contribution >= 0.6 is 0 Å². The standard InChI is InChI=1S/C18H15N5O2/c24-17-10-14-8-12(4-5-16(14)21-17)11-19-18(25)13-2-1-3-15(9-13)23-7-6-20-22-23/h1-9H,10-11H2,(H,19,25)(H,21,24). The molecule has 0 bridgehead atoms. The smallest absolute Gasteiger partial charge is 0.251 e. The molecular formula is C18H15N5O2. The molecule has 0 radical (unpaired) electrons. The molecule has 1 aliphatic heterocycles. The van der Waals surface area contributed by atoms with Crippen molar-refractivity contribution in [2.45, 2.75) is 13.0 Å². The van der Waals surface area contributed by atoms with Crippen LogP contribution in [0.25, 0.3) is 5.69 Å². The number of fused-ring (bicyclic) bond motifs is 1. The highest BCUT2D eigenvalue weighted by molar-refractivity contribution is 5.99. The van der Waals surface area contributed by atoms with E-state index in [-0.39, 0.29) is 11.8 Å². The highest BCUT2D eigenvalue weighted by Gasteiger charge is 2.17. The van der Waals surface area contributed by atoms with E-state index >= 15 is 0 Å². The van der Waals surface area contributed by atoms with E-state index in [4.69, 9.17) is 0 Å². The van der Waals surface area contributed by atoms with Crippen LogP contribution < -0.4 is 10.6 Å². The van der Waals surface area contributed by atoms with Gasteiger partial charge in [0.2, 0.25) is 5.91 Å². The highest BCUT2D eigenvalue weighted by Crippen LogP contribution is 2.23. The van der Waals surface area contributed by atoms with E-state index in [9.17, 15) is 9.59 Å². The molecule has 0 unspecified atom stereocenters. The molecule has 2 heterocycles. The fourth-order valence-corrected chi connectivity index (χ4v) is 2.81. The van der Waals surface area contributed by atoms with E-state index in [2.05, 4.69) is 20.9 Å². The summed E-state index contributed by atoms with van der Waals surface area (Å²) < 4.78 is 1.60. The second-order valence-corrected chi connectivity index (χ2v) is 5.80. The maximum atomic E-state index is 12.4. The summed E-state index contributed by atoms with van der Waals surface area (Å²) in [6.45, 7) is 0.397. The van der Waals surface area contributed by atoms with E-state index in [1.165, 1.54) is 0 Å². The summed E-state index contributed by atoms with van der Waals surface area (Å²) in [6, 6.07) is 12.9. The number of hydrogen-bond acceptors (Lipinski definition) is 4. The summed E-state index contributed by atoms with van der Waals surface area (Å²) in [5, 5.41) is 13.4. The number of benzene rings is 2. The van der Waals surface area contributed by atoms with E-state index in [0.29, 0.717) is 18.5 Å². The number of amides is 2. The minimum atomic E-state index is -0.170. The van der Waals surface area contributed by atoms with E-state index in [0.717, 1.165) is 22.5 Å². The highest BCUT2D eigenvalue weighted by atomic mass is 16.2. The SMILES string of the molecule is O=C1Cc2cc(CNC(=O)c3cccc(-n4ccnn4)c3)ccc2N1. The van der Waals surface area contributed by atoms with Crippen molar-refractivity contribution in [2.75, 3.05) is 5.32 Å². The van der Waals surface area contributed by atoms with Crippen molar-refractivity contribution in [1.82, 2.24) is 20.3 Å². The van der Waals surface area contributed by atoms with Gasteiger partial charge < -0.3 is 10.6 Å². The first-order valence-corrected chi connectivity index (χ1v) is 7.86. The molecule has 0 saturated carbocycles. The number of aromatic nitrogens is 3. The van der Waals surface area contributed by atoms with Gasteiger partial charge in [-0.2, -0.15) is 0 Å². The van der Waals surface area contributed by atoms with Crippen LogP contribution in [0.3, 0.4) is 0 Å². The fourth-order valence-electron chi connectivity index (χ4n) is 2.81. The van der Waals surface area contributed by atoms with Crippen molar-refractivity contribution in [3.05, 3.63) is 71.5 Å². The molecule has 124 valence electrons. The summed E-state index contributed by atoms with van der Waals surface area (Å²) >= 11 is 0. The van der Waals surface area contributed by atoms with Crippen molar-refractivity contribution in [3.8, 4) is 5.69 Å². The average molecular weight is 333 g/mol. The monoisotopic (exact) mass is 333 g/mol. The number of anilines is 1. The van der Waals surface area contributed by atoms with Gasteiger partial charge in [0.05, 0.1) is 24.5 Å². The largest absolute Gasteiger partial charge is 0.348 e. The Bertz CT molecular complexity index is 950. The van der Waals surface area contributed by atoms with E-state index in [1.807, 2.05) is 24.3 Å². The molecule has 2 aromatic carbocycles. The van der Waals surface area contributed by atoms with Crippen molar-refractivity contribution in [2.24, 2.45) is 0 Å². The summed E-state index contributed by atoms with van der Waals surface area (Å²) in [7, 11) is 0. The van der Waals surface area contributed by atoms with Crippen LogP contribution in [0, 0.1) is 0 Å². The quantitative estimate of drug-likeness (QED) is 0.760. The molecule has 0 spiro atoms. The number of nitrogens with zero attached hydrogens (tertiary/aromatic N) is 3. The van der Waals surface area contributed by atoms with Gasteiger partial charge in [-0.1, -0.05) is 23.4 Å². The zero-order chi connectivity index (χ0) is 17.2. The maximum Gasteiger partial charge on any atom is 0.251 e. The van der Waals surface area contributed by atoms with Gasteiger partial charge in [0, 0.05) is 17.8 Å². The first kappa shape index (κ1) is 15.1. The summed E-state index contributed by atoms with van der Waals surface area (Å²) in [5.41, 5.74) is 4.08. The molecule has 25 heavy (non-hydrogen) atoms. The second-order valence-electron chi connectivity index (χ2n) is 5.80. The zero-order valence-corrected chi connectivity index (χ0v) is 13.3. The minimum Gasteiger partial charge on any atom is -0.348 e. The third kappa shape index (κ3) is 3.12. The first-order valence-electron chi connectivity index (χ1n) is 7.86. The van der Waals surface area contributed by atoms with Crippen molar-refractivity contribution >= 4 is 17.5 Å². The van der Waals surface area contributed by atoms with Gasteiger partial charge in [0.15, 0.2) is 0 Å². The maximum absolute atomic E-state index is 12.4. The Hall–Kier alpha value is -3.48. The Morgan fingerprint density at radius 1 is 1.24 bits per heavy atom. The number of nitrogens with one attached hydrogen (secondary N) is 2. The van der Waals surface area contributed by atoms with Gasteiger partial charge in [-0.15, -0.1) is 5.10 Å². The fraction of sp³-hybridized carbons (Fsp3) is 0.111. The Morgan fingerprint density at radius 3 is 3.00 bits per heavy atom. The third-order valence-electron chi connectivity index (χ3n) is 4.04. The van der Waals surface area contributed by atoms with Gasteiger partial charge in [-0.3, -0.25) is 9.59 Å². The molecule has 3 aromatic rings. The number of hydrogen-bond donors (Lipinski definition) is 2. The number of carbonyl (C=O) groups is 2. The second kappa shape index (κ2) is 6.20. The third-order valence-corrected chi connectivity index (χ3v) is 4.04. The normalized spacial score (nSPS) is 12.6. The Morgan fingerprint density at radius 2 is 2.16 bits per heavy atom. The van der Waals surface area contributed by atoms with Gasteiger partial charge in [-0.25, -0.2) is 4.68 Å². The molecule has 7 heteroatoms. The van der Waals surface area contributed by atoms with Crippen LogP contribution in [0.2, 0.25) is 0 Å². The van der Waals surface area contributed by atoms with Gasteiger partial charge >= 0.3 is 0 Å². The van der Waals surface area contributed by atoms with Crippen LogP contribution in [0.1, 0.15) is 21.5 Å². The summed E-state index contributed by atoms with van der Waals surface area (Å²) in [5.74, 6) is -0.169. The Kier molecular flexibility index (Phi) is 3.74. The van der Waals surface area contributed by atoms with Gasteiger partial charge in [-0.05, 0) is 35.4 Å². The van der Waals surface area contributed by atoms with Gasteiger partial charge in [0.25, 0.3) is 5.91 Å². The van der Waals surface area contributed by atoms with Crippen LogP contribution in [0.4, 0.5) is 5.69 Å².